The molecule has 0 aliphatic rings. The van der Waals surface area contributed by atoms with Gasteiger partial charge in [0.25, 0.3) is 0 Å². The first kappa shape index (κ1) is 15.8. The van der Waals surface area contributed by atoms with Crippen LogP contribution in [-0.2, 0) is 9.59 Å². The van der Waals surface area contributed by atoms with Gasteiger partial charge in [-0.2, -0.15) is 0 Å². The Balaban J connectivity index is 0.000000459. The molecule has 0 saturated heterocycles. The van der Waals surface area contributed by atoms with E-state index < -0.39 is 40.8 Å². The Hall–Kier alpha value is -3.17. The maximum absolute atomic E-state index is 10.7. The molecule has 0 aliphatic carbocycles. The highest BCUT2D eigenvalue weighted by molar-refractivity contribution is 6.27. The number of hydrogen-bond acceptors (Lipinski definition) is 6. The van der Waals surface area contributed by atoms with Gasteiger partial charge in [0, 0.05) is 12.1 Å². The first-order chi connectivity index (χ1) is 8.65. The van der Waals surface area contributed by atoms with Gasteiger partial charge in [-0.1, -0.05) is 0 Å². The summed E-state index contributed by atoms with van der Waals surface area (Å²) in [4.78, 5) is 49.5. The van der Waals surface area contributed by atoms with Gasteiger partial charge < -0.3 is 24.8 Å². The number of aliphatic carboxylic acids is 2. The lowest BCUT2D eigenvalue weighted by Crippen LogP contribution is -2.09. The third kappa shape index (κ3) is 5.63. The number of hydrogen-bond donors (Lipinski definition) is 4. The van der Waals surface area contributed by atoms with Crippen molar-refractivity contribution in [3.8, 4) is 0 Å². The summed E-state index contributed by atoms with van der Waals surface area (Å²) >= 11 is 0. The van der Waals surface area contributed by atoms with Crippen LogP contribution in [0.1, 0.15) is 21.1 Å². The van der Waals surface area contributed by atoms with Crippen molar-refractivity contribution >= 4 is 23.9 Å². The van der Waals surface area contributed by atoms with Gasteiger partial charge in [-0.05, 0) is 0 Å². The smallest absolute Gasteiger partial charge is 0.414 e. The standard InChI is InChI=1S/C7H4O6.C2H2O4/c8-3-1-4(6(9)10)13-5(2-3)7(11)12;3-1(4)2(5)6/h1-2H,(H,9,10)(H,11,12);(H,3,4)(H,5,6). The predicted molar refractivity (Wildman–Crippen MR) is 54.2 cm³/mol. The Kier molecular flexibility index (Phi) is 5.45. The molecule has 4 N–H and O–H groups in total. The van der Waals surface area contributed by atoms with Crippen LogP contribution in [0.4, 0.5) is 0 Å². The molecule has 0 unspecified atom stereocenters. The second-order valence-corrected chi connectivity index (χ2v) is 2.74. The number of carbonyl (C=O) groups is 4. The zero-order valence-electron chi connectivity index (χ0n) is 8.89. The minimum absolute atomic E-state index is 0.690. The molecule has 10 nitrogen and oxygen atoms in total. The van der Waals surface area contributed by atoms with Gasteiger partial charge >= 0.3 is 23.9 Å². The minimum Gasteiger partial charge on any atom is -0.475 e. The van der Waals surface area contributed by atoms with Crippen LogP contribution in [0.5, 0.6) is 0 Å². The molecule has 0 atom stereocenters. The molecule has 0 aromatic carbocycles. The minimum atomic E-state index is -1.82. The first-order valence-corrected chi connectivity index (χ1v) is 4.23. The Morgan fingerprint density at radius 3 is 1.32 bits per heavy atom. The predicted octanol–water partition coefficient (Wildman–Crippen LogP) is -0.808. The van der Waals surface area contributed by atoms with E-state index in [0.717, 1.165) is 0 Å². The molecule has 0 bridgehead atoms. The van der Waals surface area contributed by atoms with E-state index in [1.54, 1.807) is 0 Å². The SMILES string of the molecule is O=C(O)C(=O)O.O=C(O)c1cc(=O)cc(C(=O)O)o1. The van der Waals surface area contributed by atoms with E-state index >= 15 is 0 Å². The summed E-state index contributed by atoms with van der Waals surface area (Å²) in [5.74, 6) is -8.00. The molecular formula is C9H6O10. The van der Waals surface area contributed by atoms with E-state index in [9.17, 15) is 14.4 Å². The van der Waals surface area contributed by atoms with E-state index in [-0.39, 0.29) is 0 Å². The van der Waals surface area contributed by atoms with Crippen LogP contribution in [0.2, 0.25) is 0 Å². The first-order valence-electron chi connectivity index (χ1n) is 4.23. The fourth-order valence-electron chi connectivity index (χ4n) is 0.688. The van der Waals surface area contributed by atoms with Gasteiger partial charge in [0.1, 0.15) is 0 Å². The lowest BCUT2D eigenvalue weighted by atomic mass is 10.3. The van der Waals surface area contributed by atoms with Crippen LogP contribution in [0.15, 0.2) is 21.3 Å². The van der Waals surface area contributed by atoms with Gasteiger partial charge in [-0.15, -0.1) is 0 Å². The highest BCUT2D eigenvalue weighted by Crippen LogP contribution is 2.01. The van der Waals surface area contributed by atoms with Crippen molar-refractivity contribution in [2.75, 3.05) is 0 Å². The van der Waals surface area contributed by atoms with Crippen molar-refractivity contribution in [3.05, 3.63) is 33.9 Å². The second kappa shape index (κ2) is 6.54. The topological polar surface area (TPSA) is 179 Å². The summed E-state index contributed by atoms with van der Waals surface area (Å²) in [7, 11) is 0. The quantitative estimate of drug-likeness (QED) is 0.498. The molecule has 0 spiro atoms. The number of carboxylic acids is 4. The maximum Gasteiger partial charge on any atom is 0.414 e. The molecule has 1 aromatic heterocycles. The zero-order valence-corrected chi connectivity index (χ0v) is 8.89. The Bertz CT molecular complexity index is 534. The molecule has 0 fully saturated rings. The summed E-state index contributed by atoms with van der Waals surface area (Å²) in [6, 6.07) is 1.41. The van der Waals surface area contributed by atoms with Crippen LogP contribution in [0, 0.1) is 0 Å². The summed E-state index contributed by atoms with van der Waals surface area (Å²) in [6.45, 7) is 0. The highest BCUT2D eigenvalue weighted by atomic mass is 16.4. The molecule has 102 valence electrons. The molecule has 19 heavy (non-hydrogen) atoms. The molecule has 1 aromatic rings. The largest absolute Gasteiger partial charge is 0.475 e. The summed E-state index contributed by atoms with van der Waals surface area (Å²) in [5.41, 5.74) is -0.721. The van der Waals surface area contributed by atoms with E-state index in [1.807, 2.05) is 0 Å². The average Bonchev–Trinajstić information content (AvgIpc) is 2.28. The van der Waals surface area contributed by atoms with Crippen molar-refractivity contribution in [3.63, 3.8) is 0 Å². The van der Waals surface area contributed by atoms with E-state index in [2.05, 4.69) is 4.42 Å². The van der Waals surface area contributed by atoms with Gasteiger partial charge in [0.15, 0.2) is 5.43 Å². The zero-order chi connectivity index (χ0) is 15.2. The van der Waals surface area contributed by atoms with Crippen molar-refractivity contribution < 1.29 is 44.0 Å². The Labute approximate surface area is 103 Å². The monoisotopic (exact) mass is 274 g/mol. The van der Waals surface area contributed by atoms with Crippen LogP contribution < -0.4 is 5.43 Å². The fourth-order valence-corrected chi connectivity index (χ4v) is 0.688. The number of aromatic carboxylic acids is 2. The second-order valence-electron chi connectivity index (χ2n) is 2.74. The van der Waals surface area contributed by atoms with Crippen LogP contribution in [0.3, 0.4) is 0 Å². The third-order valence-corrected chi connectivity index (χ3v) is 1.37. The average molecular weight is 274 g/mol. The van der Waals surface area contributed by atoms with Gasteiger partial charge in [-0.3, -0.25) is 4.79 Å². The normalized spacial score (nSPS) is 8.84. The molecule has 0 aliphatic heterocycles. The van der Waals surface area contributed by atoms with Crippen molar-refractivity contribution in [2.45, 2.75) is 0 Å². The molecule has 10 heteroatoms. The van der Waals surface area contributed by atoms with Crippen LogP contribution >= 0.6 is 0 Å². The van der Waals surface area contributed by atoms with Crippen molar-refractivity contribution in [1.82, 2.24) is 0 Å². The van der Waals surface area contributed by atoms with Crippen LogP contribution in [-0.4, -0.2) is 44.3 Å². The van der Waals surface area contributed by atoms with Gasteiger partial charge in [0.05, 0.1) is 0 Å². The summed E-state index contributed by atoms with van der Waals surface area (Å²) in [6.07, 6.45) is 0. The van der Waals surface area contributed by atoms with E-state index in [4.69, 9.17) is 30.0 Å². The molecular weight excluding hydrogens is 268 g/mol. The maximum atomic E-state index is 10.7. The molecule has 1 rings (SSSR count). The lowest BCUT2D eigenvalue weighted by Gasteiger charge is -1.94. The van der Waals surface area contributed by atoms with E-state index in [1.165, 1.54) is 0 Å². The lowest BCUT2D eigenvalue weighted by molar-refractivity contribution is -0.159. The Morgan fingerprint density at radius 1 is 0.789 bits per heavy atom. The highest BCUT2D eigenvalue weighted by Gasteiger charge is 2.13. The number of carboxylic acid groups (broad SMARTS) is 4. The van der Waals surface area contributed by atoms with E-state index in [0.29, 0.717) is 12.1 Å². The third-order valence-electron chi connectivity index (χ3n) is 1.37. The summed E-state index contributed by atoms with van der Waals surface area (Å²) in [5, 5.41) is 31.6. The fraction of sp³-hybridized carbons (Fsp3) is 0. The van der Waals surface area contributed by atoms with Crippen LogP contribution in [0.25, 0.3) is 0 Å². The molecule has 0 saturated carbocycles. The van der Waals surface area contributed by atoms with Crippen molar-refractivity contribution in [1.29, 1.82) is 0 Å². The van der Waals surface area contributed by atoms with Gasteiger partial charge in [-0.25, -0.2) is 19.2 Å². The molecule has 0 amide bonds. The molecule has 1 heterocycles. The Morgan fingerprint density at radius 2 is 1.11 bits per heavy atom. The molecule has 0 radical (unpaired) electrons. The van der Waals surface area contributed by atoms with Gasteiger partial charge in [0.2, 0.25) is 11.5 Å². The van der Waals surface area contributed by atoms with Crippen molar-refractivity contribution in [2.24, 2.45) is 0 Å². The summed E-state index contributed by atoms with van der Waals surface area (Å²) < 4.78 is 4.38. The number of rotatable bonds is 2.